The van der Waals surface area contributed by atoms with Gasteiger partial charge in [-0.05, 0) is 30.5 Å². The molecule has 0 aliphatic carbocycles. The maximum absolute atomic E-state index is 11.8. The lowest BCUT2D eigenvalue weighted by atomic mass is 9.99. The van der Waals surface area contributed by atoms with Crippen molar-refractivity contribution in [3.05, 3.63) is 27.7 Å². The van der Waals surface area contributed by atoms with Crippen LogP contribution >= 0.6 is 27.5 Å². The second kappa shape index (κ2) is 10.1. The molecule has 0 saturated heterocycles. The van der Waals surface area contributed by atoms with Gasteiger partial charge in [-0.3, -0.25) is 4.79 Å². The first-order valence-corrected chi connectivity index (χ1v) is 8.58. The van der Waals surface area contributed by atoms with E-state index in [0.717, 1.165) is 17.3 Å². The maximum atomic E-state index is 11.8. The van der Waals surface area contributed by atoms with Gasteiger partial charge in [0.25, 0.3) is 5.91 Å². The standard InChI is InChI=1S/C16H23BrClNO2/c1-3-5-6-12(4-2)10-19-16(20)11-21-15-8-7-13(17)9-14(15)18/h7-9,12H,3-6,10-11H2,1-2H3,(H,19,20). The van der Waals surface area contributed by atoms with E-state index in [1.165, 1.54) is 12.8 Å². The van der Waals surface area contributed by atoms with Crippen LogP contribution in [0, 0.1) is 5.92 Å². The lowest BCUT2D eigenvalue weighted by molar-refractivity contribution is -0.123. The van der Waals surface area contributed by atoms with Gasteiger partial charge in [0.15, 0.2) is 6.61 Å². The van der Waals surface area contributed by atoms with Crippen molar-refractivity contribution in [3.8, 4) is 5.75 Å². The molecule has 1 N–H and O–H groups in total. The summed E-state index contributed by atoms with van der Waals surface area (Å²) in [6, 6.07) is 5.32. The average Bonchev–Trinajstić information content (AvgIpc) is 2.46. The van der Waals surface area contributed by atoms with Gasteiger partial charge in [-0.15, -0.1) is 0 Å². The number of nitrogens with one attached hydrogen (secondary N) is 1. The second-order valence-electron chi connectivity index (χ2n) is 5.08. The summed E-state index contributed by atoms with van der Waals surface area (Å²) in [5.74, 6) is 0.960. The molecule has 0 bridgehead atoms. The highest BCUT2D eigenvalue weighted by molar-refractivity contribution is 9.10. The number of amides is 1. The number of halogens is 2. The largest absolute Gasteiger partial charge is 0.482 e. The number of hydrogen-bond donors (Lipinski definition) is 1. The zero-order valence-electron chi connectivity index (χ0n) is 12.6. The first kappa shape index (κ1) is 18.3. The molecule has 1 unspecified atom stereocenters. The van der Waals surface area contributed by atoms with E-state index in [2.05, 4.69) is 35.1 Å². The minimum absolute atomic E-state index is 0.00837. The maximum Gasteiger partial charge on any atom is 0.257 e. The number of benzene rings is 1. The average molecular weight is 377 g/mol. The highest BCUT2D eigenvalue weighted by atomic mass is 79.9. The van der Waals surface area contributed by atoms with Crippen LogP contribution in [0.2, 0.25) is 5.02 Å². The number of hydrogen-bond acceptors (Lipinski definition) is 2. The fourth-order valence-corrected chi connectivity index (χ4v) is 2.72. The molecule has 0 saturated carbocycles. The molecule has 3 nitrogen and oxygen atoms in total. The van der Waals surface area contributed by atoms with Gasteiger partial charge in [0.05, 0.1) is 5.02 Å². The van der Waals surface area contributed by atoms with E-state index in [9.17, 15) is 4.79 Å². The van der Waals surface area contributed by atoms with Crippen LogP contribution in [-0.4, -0.2) is 19.1 Å². The summed E-state index contributed by atoms with van der Waals surface area (Å²) in [6.07, 6.45) is 4.64. The van der Waals surface area contributed by atoms with Crippen LogP contribution in [0.5, 0.6) is 5.75 Å². The topological polar surface area (TPSA) is 38.3 Å². The Kier molecular flexibility index (Phi) is 8.77. The highest BCUT2D eigenvalue weighted by Gasteiger charge is 2.10. The van der Waals surface area contributed by atoms with Crippen LogP contribution in [0.3, 0.4) is 0 Å². The van der Waals surface area contributed by atoms with Gasteiger partial charge in [0, 0.05) is 11.0 Å². The normalized spacial score (nSPS) is 12.0. The Morgan fingerprint density at radius 2 is 2.19 bits per heavy atom. The Morgan fingerprint density at radius 1 is 1.43 bits per heavy atom. The molecule has 5 heteroatoms. The van der Waals surface area contributed by atoms with E-state index in [4.69, 9.17) is 16.3 Å². The van der Waals surface area contributed by atoms with E-state index in [0.29, 0.717) is 23.2 Å². The first-order chi connectivity index (χ1) is 10.1. The number of carbonyl (C=O) groups excluding carboxylic acids is 1. The van der Waals surface area contributed by atoms with Crippen LogP contribution in [-0.2, 0) is 4.79 Å². The molecular formula is C16H23BrClNO2. The predicted octanol–water partition coefficient (Wildman–Crippen LogP) is 4.81. The van der Waals surface area contributed by atoms with Crippen LogP contribution in [0.1, 0.15) is 39.5 Å². The van der Waals surface area contributed by atoms with Crippen LogP contribution < -0.4 is 10.1 Å². The van der Waals surface area contributed by atoms with Crippen LogP contribution in [0.25, 0.3) is 0 Å². The highest BCUT2D eigenvalue weighted by Crippen LogP contribution is 2.27. The third-order valence-corrected chi connectivity index (χ3v) is 4.17. The molecule has 0 radical (unpaired) electrons. The van der Waals surface area contributed by atoms with E-state index in [1.807, 2.05) is 6.07 Å². The Hall–Kier alpha value is -0.740. The zero-order valence-corrected chi connectivity index (χ0v) is 15.0. The smallest absolute Gasteiger partial charge is 0.257 e. The van der Waals surface area contributed by atoms with Gasteiger partial charge in [0.1, 0.15) is 5.75 Å². The molecule has 1 atom stereocenters. The van der Waals surface area contributed by atoms with Gasteiger partial charge >= 0.3 is 0 Å². The van der Waals surface area contributed by atoms with Gasteiger partial charge < -0.3 is 10.1 Å². The first-order valence-electron chi connectivity index (χ1n) is 7.41. The molecule has 1 rings (SSSR count). The van der Waals surface area contributed by atoms with E-state index in [-0.39, 0.29) is 12.5 Å². The number of rotatable bonds is 9. The molecule has 0 aliphatic heterocycles. The SMILES string of the molecule is CCCCC(CC)CNC(=O)COc1ccc(Br)cc1Cl. The van der Waals surface area contributed by atoms with Crippen molar-refractivity contribution in [3.63, 3.8) is 0 Å². The Labute approximate surface area is 140 Å². The van der Waals surface area contributed by atoms with Crippen LogP contribution in [0.4, 0.5) is 0 Å². The van der Waals surface area contributed by atoms with Crippen molar-refractivity contribution in [1.82, 2.24) is 5.32 Å². The number of ether oxygens (including phenoxy) is 1. The molecular weight excluding hydrogens is 354 g/mol. The molecule has 1 aromatic rings. The number of carbonyl (C=O) groups is 1. The Balaban J connectivity index is 2.33. The summed E-state index contributed by atoms with van der Waals surface area (Å²) in [4.78, 5) is 11.8. The van der Waals surface area contributed by atoms with E-state index >= 15 is 0 Å². The molecule has 0 spiro atoms. The lowest BCUT2D eigenvalue weighted by Crippen LogP contribution is -2.33. The third-order valence-electron chi connectivity index (χ3n) is 3.38. The molecule has 1 amide bonds. The zero-order chi connectivity index (χ0) is 15.7. The Bertz CT molecular complexity index is 454. The van der Waals surface area contributed by atoms with Gasteiger partial charge in [0.2, 0.25) is 0 Å². The van der Waals surface area contributed by atoms with E-state index in [1.54, 1.807) is 12.1 Å². The summed E-state index contributed by atoms with van der Waals surface area (Å²) in [5.41, 5.74) is 0. The molecule has 0 aliphatic rings. The summed E-state index contributed by atoms with van der Waals surface area (Å²) in [7, 11) is 0. The van der Waals surface area contributed by atoms with Crippen molar-refractivity contribution in [2.45, 2.75) is 39.5 Å². The Morgan fingerprint density at radius 3 is 2.81 bits per heavy atom. The lowest BCUT2D eigenvalue weighted by Gasteiger charge is -2.15. The van der Waals surface area contributed by atoms with E-state index < -0.39 is 0 Å². The fourth-order valence-electron chi connectivity index (χ4n) is 1.99. The predicted molar refractivity (Wildman–Crippen MR) is 91.0 cm³/mol. The summed E-state index contributed by atoms with van der Waals surface area (Å²) in [6.45, 7) is 5.05. The van der Waals surface area contributed by atoms with Crippen molar-refractivity contribution in [2.24, 2.45) is 5.92 Å². The van der Waals surface area contributed by atoms with Gasteiger partial charge in [-0.1, -0.05) is 60.6 Å². The monoisotopic (exact) mass is 375 g/mol. The molecule has 0 aromatic heterocycles. The van der Waals surface area contributed by atoms with Crippen molar-refractivity contribution >= 4 is 33.4 Å². The van der Waals surface area contributed by atoms with Gasteiger partial charge in [-0.2, -0.15) is 0 Å². The quantitative estimate of drug-likeness (QED) is 0.671. The van der Waals surface area contributed by atoms with Gasteiger partial charge in [-0.25, -0.2) is 0 Å². The number of unbranched alkanes of at least 4 members (excludes halogenated alkanes) is 1. The molecule has 0 heterocycles. The van der Waals surface area contributed by atoms with Crippen LogP contribution in [0.15, 0.2) is 22.7 Å². The fraction of sp³-hybridized carbons (Fsp3) is 0.562. The molecule has 0 fully saturated rings. The second-order valence-corrected chi connectivity index (χ2v) is 6.41. The van der Waals surface area contributed by atoms with Crippen molar-refractivity contribution in [2.75, 3.05) is 13.2 Å². The third kappa shape index (κ3) is 7.18. The molecule has 21 heavy (non-hydrogen) atoms. The minimum Gasteiger partial charge on any atom is -0.482 e. The van der Waals surface area contributed by atoms with Crippen molar-refractivity contribution < 1.29 is 9.53 Å². The summed E-state index contributed by atoms with van der Waals surface area (Å²) in [5, 5.41) is 3.42. The molecule has 118 valence electrons. The minimum atomic E-state index is -0.107. The van der Waals surface area contributed by atoms with Crippen molar-refractivity contribution in [1.29, 1.82) is 0 Å². The molecule has 1 aromatic carbocycles. The summed E-state index contributed by atoms with van der Waals surface area (Å²) < 4.78 is 6.32. The summed E-state index contributed by atoms with van der Waals surface area (Å²) >= 11 is 9.36.